The molecule has 0 aliphatic carbocycles. The highest BCUT2D eigenvalue weighted by atomic mass is 19.1. The van der Waals surface area contributed by atoms with Gasteiger partial charge in [-0.3, -0.25) is 4.79 Å². The summed E-state index contributed by atoms with van der Waals surface area (Å²) in [5.41, 5.74) is 0.328. The number of hydrogen-bond donors (Lipinski definition) is 2. The number of carboxylic acid groups (broad SMARTS) is 1. The van der Waals surface area contributed by atoms with Crippen molar-refractivity contribution >= 4 is 11.8 Å². The summed E-state index contributed by atoms with van der Waals surface area (Å²) in [6.45, 7) is 2.22. The lowest BCUT2D eigenvalue weighted by Gasteiger charge is -2.06. The topological polar surface area (TPSA) is 75.1 Å². The van der Waals surface area contributed by atoms with Crippen molar-refractivity contribution in [3.63, 3.8) is 0 Å². The number of aliphatic carboxylic acids is 1. The minimum absolute atomic E-state index is 0.215. The quantitative estimate of drug-likeness (QED) is 0.697. The smallest absolute Gasteiger partial charge is 0.303 e. The third kappa shape index (κ3) is 5.07. The number of rotatable bonds is 8. The molecule has 1 rings (SSSR count). The number of aryl methyl sites for hydroxylation is 1. The standard InChI is InChI=1S/C12H18FN3O2/c1-9-11(13)12(16-8-15-9)14-7-5-3-2-4-6-10(17)18/h8H,2-7H2,1H3,(H,17,18)(H,14,15,16). The van der Waals surface area contributed by atoms with Crippen molar-refractivity contribution in [2.45, 2.75) is 39.0 Å². The maximum Gasteiger partial charge on any atom is 0.303 e. The fourth-order valence-electron chi connectivity index (χ4n) is 1.54. The third-order valence-electron chi connectivity index (χ3n) is 2.57. The molecule has 0 bridgehead atoms. The summed E-state index contributed by atoms with van der Waals surface area (Å²) < 4.78 is 13.5. The second-order valence-electron chi connectivity index (χ2n) is 4.11. The normalized spacial score (nSPS) is 10.3. The van der Waals surface area contributed by atoms with Gasteiger partial charge in [-0.05, 0) is 19.8 Å². The van der Waals surface area contributed by atoms with E-state index in [9.17, 15) is 9.18 Å². The van der Waals surface area contributed by atoms with Crippen molar-refractivity contribution in [2.75, 3.05) is 11.9 Å². The van der Waals surface area contributed by atoms with Gasteiger partial charge in [0, 0.05) is 13.0 Å². The highest BCUT2D eigenvalue weighted by molar-refractivity contribution is 5.66. The number of unbranched alkanes of at least 4 members (excludes halogenated alkanes) is 3. The Hall–Kier alpha value is -1.72. The molecule has 0 atom stereocenters. The molecule has 0 saturated carbocycles. The maximum atomic E-state index is 13.5. The van der Waals surface area contributed by atoms with Crippen molar-refractivity contribution in [1.82, 2.24) is 9.97 Å². The van der Waals surface area contributed by atoms with E-state index in [1.54, 1.807) is 6.92 Å². The van der Waals surface area contributed by atoms with Gasteiger partial charge in [-0.25, -0.2) is 14.4 Å². The molecule has 0 saturated heterocycles. The summed E-state index contributed by atoms with van der Waals surface area (Å²) in [5, 5.41) is 11.4. The lowest BCUT2D eigenvalue weighted by Crippen LogP contribution is -2.07. The molecule has 18 heavy (non-hydrogen) atoms. The SMILES string of the molecule is Cc1ncnc(NCCCCCCC(=O)O)c1F. The molecular formula is C12H18FN3O2. The van der Waals surface area contributed by atoms with Gasteiger partial charge in [0.1, 0.15) is 6.33 Å². The molecule has 0 unspecified atom stereocenters. The first-order valence-electron chi connectivity index (χ1n) is 6.04. The van der Waals surface area contributed by atoms with Crippen LogP contribution in [0, 0.1) is 12.7 Å². The molecule has 0 aliphatic rings. The molecule has 0 spiro atoms. The molecule has 0 amide bonds. The van der Waals surface area contributed by atoms with Gasteiger partial charge < -0.3 is 10.4 Å². The molecule has 1 heterocycles. The summed E-state index contributed by atoms with van der Waals surface area (Å²) in [5.74, 6) is -0.942. The van der Waals surface area contributed by atoms with Crippen molar-refractivity contribution in [3.05, 3.63) is 17.8 Å². The van der Waals surface area contributed by atoms with Crippen LogP contribution in [0.4, 0.5) is 10.2 Å². The Morgan fingerprint density at radius 1 is 1.33 bits per heavy atom. The fourth-order valence-corrected chi connectivity index (χ4v) is 1.54. The number of carboxylic acids is 1. The highest BCUT2D eigenvalue weighted by Gasteiger charge is 2.06. The van der Waals surface area contributed by atoms with Crippen LogP contribution in [0.1, 0.15) is 37.8 Å². The predicted octanol–water partition coefficient (Wildman–Crippen LogP) is 2.37. The second-order valence-corrected chi connectivity index (χ2v) is 4.11. The Balaban J connectivity index is 2.14. The zero-order valence-corrected chi connectivity index (χ0v) is 10.4. The second kappa shape index (κ2) is 7.58. The first-order chi connectivity index (χ1) is 8.61. The number of nitrogens with one attached hydrogen (secondary N) is 1. The number of carbonyl (C=O) groups is 1. The van der Waals surface area contributed by atoms with E-state index < -0.39 is 11.8 Å². The van der Waals surface area contributed by atoms with E-state index >= 15 is 0 Å². The average Bonchev–Trinajstić information content (AvgIpc) is 2.32. The van der Waals surface area contributed by atoms with Crippen molar-refractivity contribution < 1.29 is 14.3 Å². The zero-order valence-electron chi connectivity index (χ0n) is 10.4. The molecule has 0 radical (unpaired) electrons. The molecular weight excluding hydrogens is 237 g/mol. The van der Waals surface area contributed by atoms with E-state index in [1.165, 1.54) is 6.33 Å². The summed E-state index contributed by atoms with van der Waals surface area (Å²) >= 11 is 0. The van der Waals surface area contributed by atoms with Gasteiger partial charge in [0.25, 0.3) is 0 Å². The van der Waals surface area contributed by atoms with Gasteiger partial charge in [-0.2, -0.15) is 0 Å². The van der Waals surface area contributed by atoms with Gasteiger partial charge in [0.2, 0.25) is 0 Å². The van der Waals surface area contributed by atoms with Crippen molar-refractivity contribution in [2.24, 2.45) is 0 Å². The van der Waals surface area contributed by atoms with E-state index in [1.807, 2.05) is 0 Å². The molecule has 1 aromatic rings. The molecule has 1 aromatic heterocycles. The molecule has 6 heteroatoms. The van der Waals surface area contributed by atoms with Crippen LogP contribution in [0.5, 0.6) is 0 Å². The van der Waals surface area contributed by atoms with Crippen LogP contribution in [0.2, 0.25) is 0 Å². The lowest BCUT2D eigenvalue weighted by atomic mass is 10.1. The van der Waals surface area contributed by atoms with E-state index in [0.29, 0.717) is 18.7 Å². The Kier molecular flexibility index (Phi) is 6.04. The van der Waals surface area contributed by atoms with Crippen LogP contribution < -0.4 is 5.32 Å². The average molecular weight is 255 g/mol. The van der Waals surface area contributed by atoms with E-state index in [4.69, 9.17) is 5.11 Å². The maximum absolute atomic E-state index is 13.5. The van der Waals surface area contributed by atoms with Crippen LogP contribution in [-0.4, -0.2) is 27.6 Å². The molecule has 0 aliphatic heterocycles. The van der Waals surface area contributed by atoms with Crippen molar-refractivity contribution in [1.29, 1.82) is 0 Å². The molecule has 100 valence electrons. The van der Waals surface area contributed by atoms with Gasteiger partial charge in [0.05, 0.1) is 5.69 Å². The van der Waals surface area contributed by atoms with Crippen LogP contribution in [0.25, 0.3) is 0 Å². The largest absolute Gasteiger partial charge is 0.481 e. The monoisotopic (exact) mass is 255 g/mol. The summed E-state index contributed by atoms with van der Waals surface area (Å²) in [6.07, 6.45) is 4.89. The first kappa shape index (κ1) is 14.3. The van der Waals surface area contributed by atoms with E-state index in [0.717, 1.165) is 19.3 Å². The lowest BCUT2D eigenvalue weighted by molar-refractivity contribution is -0.137. The number of nitrogens with zero attached hydrogens (tertiary/aromatic N) is 2. The zero-order chi connectivity index (χ0) is 13.4. The van der Waals surface area contributed by atoms with Crippen LogP contribution >= 0.6 is 0 Å². The Morgan fingerprint density at radius 3 is 2.78 bits per heavy atom. The number of hydrogen-bond acceptors (Lipinski definition) is 4. The van der Waals surface area contributed by atoms with Crippen molar-refractivity contribution in [3.8, 4) is 0 Å². The summed E-state index contributed by atoms with van der Waals surface area (Å²) in [7, 11) is 0. The van der Waals surface area contributed by atoms with Gasteiger partial charge in [-0.1, -0.05) is 12.8 Å². The van der Waals surface area contributed by atoms with E-state index in [-0.39, 0.29) is 12.2 Å². The number of aromatic nitrogens is 2. The van der Waals surface area contributed by atoms with Gasteiger partial charge in [-0.15, -0.1) is 0 Å². The van der Waals surface area contributed by atoms with Crippen LogP contribution in [-0.2, 0) is 4.79 Å². The molecule has 0 aromatic carbocycles. The minimum atomic E-state index is -0.758. The minimum Gasteiger partial charge on any atom is -0.481 e. The summed E-state index contributed by atoms with van der Waals surface area (Å²) in [4.78, 5) is 17.8. The molecule has 0 fully saturated rings. The highest BCUT2D eigenvalue weighted by Crippen LogP contribution is 2.12. The fraction of sp³-hybridized carbons (Fsp3) is 0.583. The summed E-state index contributed by atoms with van der Waals surface area (Å²) in [6, 6.07) is 0. The number of halogens is 1. The third-order valence-corrected chi connectivity index (χ3v) is 2.57. The Morgan fingerprint density at radius 2 is 2.06 bits per heavy atom. The molecule has 2 N–H and O–H groups in total. The van der Waals surface area contributed by atoms with E-state index in [2.05, 4.69) is 15.3 Å². The molecule has 5 nitrogen and oxygen atoms in total. The van der Waals surface area contributed by atoms with Crippen LogP contribution in [0.3, 0.4) is 0 Å². The van der Waals surface area contributed by atoms with Crippen LogP contribution in [0.15, 0.2) is 6.33 Å². The van der Waals surface area contributed by atoms with Gasteiger partial charge in [0.15, 0.2) is 11.6 Å². The Bertz CT molecular complexity index is 399. The first-order valence-corrected chi connectivity index (χ1v) is 6.04. The Labute approximate surface area is 105 Å². The van der Waals surface area contributed by atoms with Gasteiger partial charge >= 0.3 is 5.97 Å². The number of anilines is 1. The predicted molar refractivity (Wildman–Crippen MR) is 65.9 cm³/mol.